The summed E-state index contributed by atoms with van der Waals surface area (Å²) < 4.78 is 13.2. The van der Waals surface area contributed by atoms with Crippen LogP contribution in [-0.4, -0.2) is 30.2 Å². The zero-order chi connectivity index (χ0) is 19.6. The Labute approximate surface area is 178 Å². The van der Waals surface area contributed by atoms with Crippen LogP contribution in [-0.2, 0) is 11.4 Å². The minimum atomic E-state index is -0.301. The molecule has 0 saturated carbocycles. The maximum absolute atomic E-state index is 12.0. The maximum atomic E-state index is 12.0. The molecule has 2 amide bonds. The summed E-state index contributed by atoms with van der Waals surface area (Å²) in [6.45, 7) is 0.373. The van der Waals surface area contributed by atoms with Gasteiger partial charge >= 0.3 is 0 Å². The van der Waals surface area contributed by atoms with Crippen LogP contribution in [0.5, 0.6) is 11.5 Å². The van der Waals surface area contributed by atoms with E-state index in [1.165, 1.54) is 7.05 Å². The van der Waals surface area contributed by atoms with E-state index in [1.54, 1.807) is 25.3 Å². The van der Waals surface area contributed by atoms with E-state index in [0.29, 0.717) is 23.0 Å². The molecule has 140 valence electrons. The highest BCUT2D eigenvalue weighted by molar-refractivity contribution is 9.11. The highest BCUT2D eigenvalue weighted by atomic mass is 79.9. The molecule has 1 saturated heterocycles. The van der Waals surface area contributed by atoms with Gasteiger partial charge in [-0.05, 0) is 47.7 Å². The van der Waals surface area contributed by atoms with Crippen molar-refractivity contribution in [1.29, 1.82) is 0 Å². The first-order chi connectivity index (χ1) is 12.9. The molecule has 0 bridgehead atoms. The SMILES string of the molecule is COc1cc(/C=C2/SC(=O)N(C)C2=O)ccc1OCc1ccc(Br)cc1Br. The Kier molecular flexibility index (Phi) is 6.29. The van der Waals surface area contributed by atoms with Crippen molar-refractivity contribution in [3.63, 3.8) is 0 Å². The van der Waals surface area contributed by atoms with Crippen LogP contribution >= 0.6 is 43.6 Å². The van der Waals surface area contributed by atoms with Gasteiger partial charge in [0, 0.05) is 21.6 Å². The van der Waals surface area contributed by atoms with Crippen LogP contribution in [0.25, 0.3) is 6.08 Å². The molecule has 2 aromatic rings. The second kappa shape index (κ2) is 8.50. The largest absolute Gasteiger partial charge is 0.493 e. The van der Waals surface area contributed by atoms with Crippen LogP contribution < -0.4 is 9.47 Å². The van der Waals surface area contributed by atoms with Crippen molar-refractivity contribution in [1.82, 2.24) is 4.90 Å². The van der Waals surface area contributed by atoms with Crippen molar-refractivity contribution in [3.05, 3.63) is 61.4 Å². The Morgan fingerprint density at radius 2 is 1.89 bits per heavy atom. The van der Waals surface area contributed by atoms with Crippen molar-refractivity contribution in [2.24, 2.45) is 0 Å². The third-order valence-corrected chi connectivity index (χ3v) is 6.06. The molecule has 8 heteroatoms. The molecule has 0 spiro atoms. The van der Waals surface area contributed by atoms with Crippen LogP contribution in [0, 0.1) is 0 Å². The van der Waals surface area contributed by atoms with E-state index < -0.39 is 0 Å². The van der Waals surface area contributed by atoms with Crippen molar-refractivity contribution in [2.45, 2.75) is 6.61 Å². The number of benzene rings is 2. The molecule has 0 radical (unpaired) electrons. The number of hydrogen-bond acceptors (Lipinski definition) is 5. The lowest BCUT2D eigenvalue weighted by atomic mass is 10.2. The van der Waals surface area contributed by atoms with Gasteiger partial charge in [0.15, 0.2) is 11.5 Å². The molecule has 5 nitrogen and oxygen atoms in total. The number of carbonyl (C=O) groups excluding carboxylic acids is 2. The predicted molar refractivity (Wildman–Crippen MR) is 113 cm³/mol. The van der Waals surface area contributed by atoms with Gasteiger partial charge in [0.25, 0.3) is 11.1 Å². The second-order valence-electron chi connectivity index (χ2n) is 5.68. The Morgan fingerprint density at radius 1 is 1.11 bits per heavy atom. The van der Waals surface area contributed by atoms with E-state index in [1.807, 2.05) is 24.3 Å². The number of methoxy groups -OCH3 is 1. The lowest BCUT2D eigenvalue weighted by Crippen LogP contribution is -2.22. The average Bonchev–Trinajstić information content (AvgIpc) is 2.88. The van der Waals surface area contributed by atoms with Gasteiger partial charge in [-0.15, -0.1) is 0 Å². The summed E-state index contributed by atoms with van der Waals surface area (Å²) in [6.07, 6.45) is 1.67. The van der Waals surface area contributed by atoms with E-state index in [4.69, 9.17) is 9.47 Å². The topological polar surface area (TPSA) is 55.8 Å². The maximum Gasteiger partial charge on any atom is 0.293 e. The van der Waals surface area contributed by atoms with Crippen LogP contribution in [0.3, 0.4) is 0 Å². The fraction of sp³-hybridized carbons (Fsp3) is 0.158. The van der Waals surface area contributed by atoms with E-state index in [9.17, 15) is 9.59 Å². The standard InChI is InChI=1S/C19H15Br2NO4S/c1-22-18(23)17(27-19(22)24)8-11-3-6-15(16(7-11)25-2)26-10-12-4-5-13(20)9-14(12)21/h3-9H,10H2,1-2H3/b17-8+. The van der Waals surface area contributed by atoms with E-state index >= 15 is 0 Å². The monoisotopic (exact) mass is 511 g/mol. The lowest BCUT2D eigenvalue weighted by Gasteiger charge is -2.12. The first-order valence-corrected chi connectivity index (χ1v) is 10.3. The Balaban J connectivity index is 1.78. The number of likely N-dealkylation sites (N-methyl/N-ethyl adjacent to an activating group) is 1. The van der Waals surface area contributed by atoms with Gasteiger partial charge in [-0.1, -0.05) is 44.0 Å². The van der Waals surface area contributed by atoms with Crippen molar-refractivity contribution in [2.75, 3.05) is 14.2 Å². The summed E-state index contributed by atoms with van der Waals surface area (Å²) in [6, 6.07) is 11.3. The van der Waals surface area contributed by atoms with Gasteiger partial charge in [-0.25, -0.2) is 0 Å². The summed E-state index contributed by atoms with van der Waals surface area (Å²) >= 11 is 7.86. The predicted octanol–water partition coefficient (Wildman–Crippen LogP) is 5.47. The molecular formula is C19H15Br2NO4S. The van der Waals surface area contributed by atoms with Gasteiger partial charge in [0.1, 0.15) is 6.61 Å². The second-order valence-corrected chi connectivity index (χ2v) is 8.44. The highest BCUT2D eigenvalue weighted by Crippen LogP contribution is 2.34. The van der Waals surface area contributed by atoms with Crippen molar-refractivity contribution >= 4 is 60.8 Å². The van der Waals surface area contributed by atoms with Gasteiger partial charge < -0.3 is 9.47 Å². The first-order valence-electron chi connectivity index (χ1n) is 7.85. The molecule has 1 aliphatic rings. The molecule has 1 aliphatic heterocycles. The number of nitrogens with zero attached hydrogens (tertiary/aromatic N) is 1. The summed E-state index contributed by atoms with van der Waals surface area (Å²) in [5, 5.41) is -0.279. The summed E-state index contributed by atoms with van der Waals surface area (Å²) in [5.74, 6) is 0.838. The van der Waals surface area contributed by atoms with Crippen LogP contribution in [0.15, 0.2) is 50.2 Å². The fourth-order valence-electron chi connectivity index (χ4n) is 2.38. The number of hydrogen-bond donors (Lipinski definition) is 0. The fourth-order valence-corrected chi connectivity index (χ4v) is 4.37. The number of carbonyl (C=O) groups is 2. The van der Waals surface area contributed by atoms with Crippen molar-refractivity contribution < 1.29 is 19.1 Å². The average molecular weight is 513 g/mol. The van der Waals surface area contributed by atoms with E-state index in [-0.39, 0.29) is 11.1 Å². The number of imide groups is 1. The van der Waals surface area contributed by atoms with Gasteiger partial charge in [0.05, 0.1) is 12.0 Å². The molecule has 27 heavy (non-hydrogen) atoms. The van der Waals surface area contributed by atoms with Crippen molar-refractivity contribution in [3.8, 4) is 11.5 Å². The van der Waals surface area contributed by atoms with Gasteiger partial charge in [0.2, 0.25) is 0 Å². The van der Waals surface area contributed by atoms with Crippen LogP contribution in [0.2, 0.25) is 0 Å². The quantitative estimate of drug-likeness (QED) is 0.497. The lowest BCUT2D eigenvalue weighted by molar-refractivity contribution is -0.121. The minimum Gasteiger partial charge on any atom is -0.493 e. The Morgan fingerprint density at radius 3 is 2.52 bits per heavy atom. The Bertz CT molecular complexity index is 945. The molecule has 0 N–H and O–H groups in total. The molecule has 1 fully saturated rings. The zero-order valence-electron chi connectivity index (χ0n) is 14.5. The third kappa shape index (κ3) is 4.56. The molecular weight excluding hydrogens is 498 g/mol. The van der Waals surface area contributed by atoms with Crippen LogP contribution in [0.4, 0.5) is 4.79 Å². The molecule has 0 aliphatic carbocycles. The summed E-state index contributed by atoms with van der Waals surface area (Å²) in [4.78, 5) is 25.1. The number of halogens is 2. The van der Waals surface area contributed by atoms with E-state index in [2.05, 4.69) is 31.9 Å². The number of ether oxygens (including phenoxy) is 2. The highest BCUT2D eigenvalue weighted by Gasteiger charge is 2.31. The third-order valence-electron chi connectivity index (χ3n) is 3.87. The van der Waals surface area contributed by atoms with Crippen LogP contribution in [0.1, 0.15) is 11.1 Å². The molecule has 0 atom stereocenters. The molecule has 0 aromatic heterocycles. The summed E-state index contributed by atoms with van der Waals surface area (Å²) in [7, 11) is 3.03. The van der Waals surface area contributed by atoms with E-state index in [0.717, 1.165) is 36.7 Å². The molecule has 1 heterocycles. The minimum absolute atomic E-state index is 0.279. The number of rotatable bonds is 5. The smallest absolute Gasteiger partial charge is 0.293 e. The first kappa shape index (κ1) is 20.0. The Hall–Kier alpha value is -1.77. The molecule has 2 aromatic carbocycles. The normalized spacial score (nSPS) is 15.6. The number of amides is 2. The molecule has 3 rings (SSSR count). The summed E-state index contributed by atoms with van der Waals surface area (Å²) in [5.41, 5.74) is 1.75. The molecule has 0 unspecified atom stereocenters. The zero-order valence-corrected chi connectivity index (χ0v) is 18.5. The number of thioether (sulfide) groups is 1. The van der Waals surface area contributed by atoms with Gasteiger partial charge in [-0.3, -0.25) is 14.5 Å². The van der Waals surface area contributed by atoms with Gasteiger partial charge in [-0.2, -0.15) is 0 Å².